The Morgan fingerprint density at radius 1 is 1.18 bits per heavy atom. The van der Waals surface area contributed by atoms with Crippen molar-refractivity contribution in [3.05, 3.63) is 29.3 Å². The fourth-order valence-electron chi connectivity index (χ4n) is 2.51. The lowest BCUT2D eigenvalue weighted by Gasteiger charge is -2.32. The van der Waals surface area contributed by atoms with Crippen molar-refractivity contribution >= 4 is 18.6 Å². The quantitative estimate of drug-likeness (QED) is 0.632. The summed E-state index contributed by atoms with van der Waals surface area (Å²) < 4.78 is 17.0. The number of rotatable bonds is 4. The van der Waals surface area contributed by atoms with Crippen LogP contribution in [-0.2, 0) is 31.7 Å². The summed E-state index contributed by atoms with van der Waals surface area (Å²) in [6.45, 7) is 10.3. The van der Waals surface area contributed by atoms with Gasteiger partial charge < -0.3 is 14.0 Å². The minimum Gasteiger partial charge on any atom is -0.469 e. The topological polar surface area (TPSA) is 44.8 Å². The highest BCUT2D eigenvalue weighted by Crippen LogP contribution is 2.36. The van der Waals surface area contributed by atoms with Crippen molar-refractivity contribution in [1.29, 1.82) is 0 Å². The molecule has 0 N–H and O–H groups in total. The molecule has 1 aliphatic heterocycles. The maximum Gasteiger partial charge on any atom is 0.495 e. The number of hydrogen-bond acceptors (Lipinski definition) is 4. The summed E-state index contributed by atoms with van der Waals surface area (Å²) in [4.78, 5) is 11.4. The molecule has 0 aliphatic carbocycles. The van der Waals surface area contributed by atoms with Crippen molar-refractivity contribution in [2.24, 2.45) is 0 Å². The molecule has 120 valence electrons. The zero-order valence-corrected chi connectivity index (χ0v) is 14.4. The summed E-state index contributed by atoms with van der Waals surface area (Å²) >= 11 is 0. The molecule has 0 spiro atoms. The number of methoxy groups -OCH3 is 1. The first-order valence-electron chi connectivity index (χ1n) is 7.74. The first kappa shape index (κ1) is 17.0. The minimum absolute atomic E-state index is 0.231. The van der Waals surface area contributed by atoms with Crippen LogP contribution >= 0.6 is 0 Å². The Kier molecular flexibility index (Phi) is 4.69. The van der Waals surface area contributed by atoms with Crippen LogP contribution in [0.1, 0.15) is 45.7 Å². The molecule has 1 aliphatic rings. The normalized spacial score (nSPS) is 19.3. The molecule has 0 radical (unpaired) electrons. The first-order valence-corrected chi connectivity index (χ1v) is 7.74. The Bertz CT molecular complexity index is 550. The lowest BCUT2D eigenvalue weighted by atomic mass is 9.74. The van der Waals surface area contributed by atoms with E-state index in [9.17, 15) is 4.79 Å². The van der Waals surface area contributed by atoms with E-state index in [4.69, 9.17) is 14.0 Å². The molecule has 5 heteroatoms. The average molecular weight is 304 g/mol. The Morgan fingerprint density at radius 2 is 1.77 bits per heavy atom. The smallest absolute Gasteiger partial charge is 0.469 e. The number of aryl methyl sites for hydroxylation is 1. The van der Waals surface area contributed by atoms with Gasteiger partial charge in [0.15, 0.2) is 0 Å². The van der Waals surface area contributed by atoms with Gasteiger partial charge in [0.25, 0.3) is 0 Å². The molecular weight excluding hydrogens is 279 g/mol. The van der Waals surface area contributed by atoms with Gasteiger partial charge in [0, 0.05) is 0 Å². The third-order valence-electron chi connectivity index (χ3n) is 4.67. The van der Waals surface area contributed by atoms with E-state index < -0.39 is 0 Å². The van der Waals surface area contributed by atoms with Crippen LogP contribution < -0.4 is 5.46 Å². The van der Waals surface area contributed by atoms with Crippen LogP contribution in [0.5, 0.6) is 0 Å². The van der Waals surface area contributed by atoms with E-state index in [0.29, 0.717) is 0 Å². The van der Waals surface area contributed by atoms with Crippen molar-refractivity contribution in [1.82, 2.24) is 0 Å². The molecule has 1 saturated heterocycles. The van der Waals surface area contributed by atoms with Crippen molar-refractivity contribution in [3.8, 4) is 0 Å². The second-order valence-electron chi connectivity index (χ2n) is 6.73. The van der Waals surface area contributed by atoms with Gasteiger partial charge in [-0.15, -0.1) is 0 Å². The van der Waals surface area contributed by atoms with E-state index in [1.165, 1.54) is 7.11 Å². The maximum atomic E-state index is 11.4. The van der Waals surface area contributed by atoms with E-state index in [-0.39, 0.29) is 30.7 Å². The van der Waals surface area contributed by atoms with Gasteiger partial charge in [-0.1, -0.05) is 25.1 Å². The van der Waals surface area contributed by atoms with Gasteiger partial charge in [-0.2, -0.15) is 0 Å². The number of ether oxygens (including phenoxy) is 1. The molecule has 1 fully saturated rings. The summed E-state index contributed by atoms with van der Waals surface area (Å²) in [5, 5.41) is 0. The van der Waals surface area contributed by atoms with Gasteiger partial charge in [0.05, 0.1) is 24.7 Å². The van der Waals surface area contributed by atoms with E-state index in [2.05, 4.69) is 6.92 Å². The van der Waals surface area contributed by atoms with Gasteiger partial charge in [0.1, 0.15) is 0 Å². The predicted molar refractivity (Wildman–Crippen MR) is 87.3 cm³/mol. The molecule has 0 unspecified atom stereocenters. The minimum atomic E-state index is -0.368. The predicted octanol–water partition coefficient (Wildman–Crippen LogP) is 2.26. The highest BCUT2D eigenvalue weighted by atomic mass is 16.7. The third-order valence-corrected chi connectivity index (χ3v) is 4.67. The number of benzene rings is 1. The van der Waals surface area contributed by atoms with Crippen LogP contribution in [0.3, 0.4) is 0 Å². The van der Waals surface area contributed by atoms with Gasteiger partial charge >= 0.3 is 13.1 Å². The van der Waals surface area contributed by atoms with Crippen LogP contribution in [0.4, 0.5) is 0 Å². The molecule has 22 heavy (non-hydrogen) atoms. The van der Waals surface area contributed by atoms with E-state index >= 15 is 0 Å². The molecule has 0 bridgehead atoms. The molecule has 0 saturated carbocycles. The SMILES string of the molecule is CCc1cc(CC(=O)OC)ccc1B1OC(C)(C)C(C)(C)O1. The van der Waals surface area contributed by atoms with Crippen LogP contribution in [0, 0.1) is 0 Å². The lowest BCUT2D eigenvalue weighted by Crippen LogP contribution is -2.41. The Morgan fingerprint density at radius 3 is 2.27 bits per heavy atom. The molecule has 2 rings (SSSR count). The van der Waals surface area contributed by atoms with Crippen molar-refractivity contribution < 1.29 is 18.8 Å². The monoisotopic (exact) mass is 304 g/mol. The fraction of sp³-hybridized carbons (Fsp3) is 0.588. The first-order chi connectivity index (χ1) is 10.2. The van der Waals surface area contributed by atoms with E-state index in [0.717, 1.165) is 23.0 Å². The summed E-state index contributed by atoms with van der Waals surface area (Å²) in [5.41, 5.74) is 2.42. The maximum absolute atomic E-state index is 11.4. The van der Waals surface area contributed by atoms with Crippen LogP contribution in [0.2, 0.25) is 0 Å². The second-order valence-corrected chi connectivity index (χ2v) is 6.73. The highest BCUT2D eigenvalue weighted by molar-refractivity contribution is 6.62. The summed E-state index contributed by atoms with van der Waals surface area (Å²) in [7, 11) is 1.04. The fourth-order valence-corrected chi connectivity index (χ4v) is 2.51. The van der Waals surface area contributed by atoms with Gasteiger partial charge in [0.2, 0.25) is 0 Å². The summed E-state index contributed by atoms with van der Waals surface area (Å²) in [6.07, 6.45) is 1.14. The number of hydrogen-bond donors (Lipinski definition) is 0. The Labute approximate surface area is 133 Å². The highest BCUT2D eigenvalue weighted by Gasteiger charge is 2.52. The Hall–Kier alpha value is -1.33. The van der Waals surface area contributed by atoms with Crippen LogP contribution in [0.15, 0.2) is 18.2 Å². The molecule has 1 aromatic rings. The molecular formula is C17H25BO4. The van der Waals surface area contributed by atoms with E-state index in [1.807, 2.05) is 45.9 Å². The molecule has 1 heterocycles. The second kappa shape index (κ2) is 6.05. The molecule has 0 amide bonds. The van der Waals surface area contributed by atoms with Crippen LogP contribution in [0.25, 0.3) is 0 Å². The number of carbonyl (C=O) groups is 1. The van der Waals surface area contributed by atoms with Gasteiger partial charge in [-0.05, 0) is 50.7 Å². The van der Waals surface area contributed by atoms with Crippen molar-refractivity contribution in [3.63, 3.8) is 0 Å². The van der Waals surface area contributed by atoms with E-state index in [1.54, 1.807) is 0 Å². The largest absolute Gasteiger partial charge is 0.495 e. The summed E-state index contributed by atoms with van der Waals surface area (Å²) in [6, 6.07) is 5.98. The van der Waals surface area contributed by atoms with Gasteiger partial charge in [-0.25, -0.2) is 0 Å². The molecule has 0 atom stereocenters. The zero-order valence-electron chi connectivity index (χ0n) is 14.4. The van der Waals surface area contributed by atoms with Gasteiger partial charge in [-0.3, -0.25) is 4.79 Å². The number of esters is 1. The van der Waals surface area contributed by atoms with Crippen molar-refractivity contribution in [2.75, 3.05) is 7.11 Å². The number of carbonyl (C=O) groups excluding carboxylic acids is 1. The lowest BCUT2D eigenvalue weighted by molar-refractivity contribution is -0.139. The standard InChI is InChI=1S/C17H25BO4/c1-7-13-10-12(11-15(19)20-6)8-9-14(13)18-21-16(2,3)17(4,5)22-18/h8-10H,7,11H2,1-6H3. The third kappa shape index (κ3) is 3.20. The summed E-state index contributed by atoms with van der Waals surface area (Å²) in [5.74, 6) is -0.231. The zero-order chi connectivity index (χ0) is 16.5. The molecule has 1 aromatic carbocycles. The Balaban J connectivity index is 2.27. The average Bonchev–Trinajstić information content (AvgIpc) is 2.66. The van der Waals surface area contributed by atoms with Crippen LogP contribution in [-0.4, -0.2) is 31.4 Å². The molecule has 0 aromatic heterocycles. The molecule has 4 nitrogen and oxygen atoms in total. The van der Waals surface area contributed by atoms with Crippen molar-refractivity contribution in [2.45, 2.75) is 58.7 Å².